The zero-order chi connectivity index (χ0) is 20.4. The van der Waals surface area contributed by atoms with Crippen LogP contribution < -0.4 is 19.9 Å². The van der Waals surface area contributed by atoms with E-state index in [0.717, 1.165) is 22.4 Å². The first-order valence-electron chi connectivity index (χ1n) is 9.19. The lowest BCUT2D eigenvalue weighted by molar-refractivity contribution is 0.310. The van der Waals surface area contributed by atoms with Gasteiger partial charge in [-0.3, -0.25) is 5.10 Å². The minimum Gasteiger partial charge on any atom is -0.493 e. The molecule has 29 heavy (non-hydrogen) atoms. The molecule has 0 saturated carbocycles. The molecule has 4 rings (SSSR count). The van der Waals surface area contributed by atoms with Crippen LogP contribution in [-0.4, -0.2) is 23.9 Å². The average Bonchev–Trinajstić information content (AvgIpc) is 3.17. The third kappa shape index (κ3) is 3.15. The molecule has 0 unspecified atom stereocenters. The molecule has 0 bridgehead atoms. The van der Waals surface area contributed by atoms with Gasteiger partial charge < -0.3 is 19.9 Å². The summed E-state index contributed by atoms with van der Waals surface area (Å²) < 4.78 is 16.8. The van der Waals surface area contributed by atoms with Gasteiger partial charge in [0.05, 0.1) is 30.9 Å². The molecule has 2 aromatic carbocycles. The van der Waals surface area contributed by atoms with Crippen LogP contribution in [0.25, 0.3) is 11.3 Å². The highest BCUT2D eigenvalue weighted by molar-refractivity contribution is 5.71. The summed E-state index contributed by atoms with van der Waals surface area (Å²) in [5, 5.41) is 17.2. The number of hydrogen-bond acceptors (Lipinski definition) is 6. The Morgan fingerprint density at radius 2 is 2.00 bits per heavy atom. The fraction of sp³-hybridized carbons (Fsp3) is 0.182. The SMILES string of the molecule is CCOc1cc([C@@H]2C(C#N)=C(N)Oc3n[nH]c(-c4ccccc4)c32)ccc1OC. The van der Waals surface area contributed by atoms with Crippen molar-refractivity contribution in [2.24, 2.45) is 5.73 Å². The van der Waals surface area contributed by atoms with E-state index in [0.29, 0.717) is 29.6 Å². The highest BCUT2D eigenvalue weighted by Gasteiger charge is 2.36. The fourth-order valence-corrected chi connectivity index (χ4v) is 3.54. The molecule has 0 amide bonds. The first-order chi connectivity index (χ1) is 14.2. The second-order valence-corrected chi connectivity index (χ2v) is 6.45. The summed E-state index contributed by atoms with van der Waals surface area (Å²) in [6, 6.07) is 17.6. The maximum atomic E-state index is 9.84. The van der Waals surface area contributed by atoms with Gasteiger partial charge in [0.15, 0.2) is 11.5 Å². The molecule has 0 aliphatic carbocycles. The summed E-state index contributed by atoms with van der Waals surface area (Å²) in [5.74, 6) is 1.17. The zero-order valence-corrected chi connectivity index (χ0v) is 16.1. The van der Waals surface area contributed by atoms with E-state index in [1.54, 1.807) is 7.11 Å². The van der Waals surface area contributed by atoms with Gasteiger partial charge in [-0.1, -0.05) is 36.4 Å². The van der Waals surface area contributed by atoms with Crippen molar-refractivity contribution in [2.75, 3.05) is 13.7 Å². The van der Waals surface area contributed by atoms with E-state index in [1.165, 1.54) is 0 Å². The van der Waals surface area contributed by atoms with E-state index in [9.17, 15) is 5.26 Å². The third-order valence-corrected chi connectivity index (χ3v) is 4.82. The summed E-state index contributed by atoms with van der Waals surface area (Å²) in [6.45, 7) is 2.39. The number of allylic oxidation sites excluding steroid dienone is 1. The molecule has 0 radical (unpaired) electrons. The van der Waals surface area contributed by atoms with Crippen LogP contribution in [0.2, 0.25) is 0 Å². The van der Waals surface area contributed by atoms with Gasteiger partial charge in [-0.25, -0.2) is 0 Å². The standard InChI is InChI=1S/C22H20N4O3/c1-3-28-17-11-14(9-10-16(17)27-2)18-15(12-23)21(24)29-22-19(18)20(25-26-22)13-7-5-4-6-8-13/h4-11,18H,3,24H2,1-2H3,(H,25,26)/t18-/m1/s1. The lowest BCUT2D eigenvalue weighted by Crippen LogP contribution is -2.21. The molecule has 1 aliphatic rings. The highest BCUT2D eigenvalue weighted by Crippen LogP contribution is 2.46. The molecule has 0 fully saturated rings. The van der Waals surface area contributed by atoms with Gasteiger partial charge in [0.25, 0.3) is 0 Å². The summed E-state index contributed by atoms with van der Waals surface area (Å²) in [5.41, 5.74) is 9.68. The summed E-state index contributed by atoms with van der Waals surface area (Å²) in [7, 11) is 1.59. The molecule has 3 N–H and O–H groups in total. The van der Waals surface area contributed by atoms with Gasteiger partial charge in [0.1, 0.15) is 11.6 Å². The number of hydrogen-bond donors (Lipinski definition) is 2. The molecule has 146 valence electrons. The first-order valence-corrected chi connectivity index (χ1v) is 9.19. The molecule has 7 nitrogen and oxygen atoms in total. The number of rotatable bonds is 5. The Bertz CT molecular complexity index is 1110. The number of fused-ring (bicyclic) bond motifs is 1. The molecular formula is C22H20N4O3. The molecule has 7 heteroatoms. The van der Waals surface area contributed by atoms with Crippen molar-refractivity contribution in [2.45, 2.75) is 12.8 Å². The summed E-state index contributed by atoms with van der Waals surface area (Å²) >= 11 is 0. The second-order valence-electron chi connectivity index (χ2n) is 6.45. The molecule has 1 atom stereocenters. The van der Waals surface area contributed by atoms with Crippen LogP contribution in [-0.2, 0) is 0 Å². The van der Waals surface area contributed by atoms with Crippen LogP contribution in [0.1, 0.15) is 24.0 Å². The predicted molar refractivity (Wildman–Crippen MR) is 107 cm³/mol. The van der Waals surface area contributed by atoms with Gasteiger partial charge in [-0.2, -0.15) is 5.26 Å². The molecule has 1 aromatic heterocycles. The number of aromatic nitrogens is 2. The van der Waals surface area contributed by atoms with Gasteiger partial charge in [-0.05, 0) is 30.2 Å². The van der Waals surface area contributed by atoms with Gasteiger partial charge >= 0.3 is 0 Å². The van der Waals surface area contributed by atoms with Gasteiger partial charge in [0, 0.05) is 0 Å². The Morgan fingerprint density at radius 3 is 2.69 bits per heavy atom. The number of nitriles is 1. The Labute approximate surface area is 168 Å². The normalized spacial score (nSPS) is 15.3. The number of H-pyrrole nitrogens is 1. The summed E-state index contributed by atoms with van der Waals surface area (Å²) in [6.07, 6.45) is 0. The number of ether oxygens (including phenoxy) is 3. The maximum absolute atomic E-state index is 9.84. The van der Waals surface area contributed by atoms with E-state index in [1.807, 2.05) is 55.5 Å². The largest absolute Gasteiger partial charge is 0.493 e. The molecule has 0 saturated heterocycles. The van der Waals surface area contributed by atoms with Crippen LogP contribution in [0.4, 0.5) is 0 Å². The number of benzene rings is 2. The first kappa shape index (κ1) is 18.4. The molecule has 2 heterocycles. The lowest BCUT2D eigenvalue weighted by Gasteiger charge is -2.24. The van der Waals surface area contributed by atoms with Crippen molar-refractivity contribution in [3.8, 4) is 34.7 Å². The number of nitrogens with two attached hydrogens (primary N) is 1. The minimum absolute atomic E-state index is 0.0462. The lowest BCUT2D eigenvalue weighted by atomic mass is 9.83. The van der Waals surface area contributed by atoms with E-state index < -0.39 is 5.92 Å². The van der Waals surface area contributed by atoms with Crippen LogP contribution >= 0.6 is 0 Å². The van der Waals surface area contributed by atoms with Gasteiger partial charge in [-0.15, -0.1) is 5.10 Å². The molecular weight excluding hydrogens is 368 g/mol. The van der Waals surface area contributed by atoms with Crippen molar-refractivity contribution in [3.05, 3.63) is 71.1 Å². The molecule has 0 spiro atoms. The topological polar surface area (TPSA) is 106 Å². The highest BCUT2D eigenvalue weighted by atomic mass is 16.5. The van der Waals surface area contributed by atoms with E-state index in [4.69, 9.17) is 19.9 Å². The quantitative estimate of drug-likeness (QED) is 0.690. The Kier molecular flexibility index (Phi) is 4.83. The van der Waals surface area contributed by atoms with Crippen molar-refractivity contribution < 1.29 is 14.2 Å². The minimum atomic E-state index is -0.456. The number of nitrogens with zero attached hydrogens (tertiary/aromatic N) is 2. The van der Waals surface area contributed by atoms with Crippen LogP contribution in [0.5, 0.6) is 17.4 Å². The Balaban J connectivity index is 1.92. The maximum Gasteiger partial charge on any atom is 0.244 e. The number of nitrogens with one attached hydrogen (secondary N) is 1. The monoisotopic (exact) mass is 388 g/mol. The fourth-order valence-electron chi connectivity index (χ4n) is 3.54. The molecule has 3 aromatic rings. The Hall–Kier alpha value is -3.92. The van der Waals surface area contributed by atoms with Crippen LogP contribution in [0.3, 0.4) is 0 Å². The average molecular weight is 388 g/mol. The van der Waals surface area contributed by atoms with Gasteiger partial charge in [0.2, 0.25) is 11.8 Å². The third-order valence-electron chi connectivity index (χ3n) is 4.82. The van der Waals surface area contributed by atoms with E-state index in [-0.39, 0.29) is 5.88 Å². The summed E-state index contributed by atoms with van der Waals surface area (Å²) in [4.78, 5) is 0. The number of methoxy groups -OCH3 is 1. The Morgan fingerprint density at radius 1 is 1.21 bits per heavy atom. The van der Waals surface area contributed by atoms with Crippen LogP contribution in [0.15, 0.2) is 60.0 Å². The van der Waals surface area contributed by atoms with Crippen molar-refractivity contribution in [3.63, 3.8) is 0 Å². The zero-order valence-electron chi connectivity index (χ0n) is 16.1. The van der Waals surface area contributed by atoms with Crippen molar-refractivity contribution >= 4 is 0 Å². The number of aromatic amines is 1. The van der Waals surface area contributed by atoms with Crippen molar-refractivity contribution in [1.82, 2.24) is 10.2 Å². The van der Waals surface area contributed by atoms with Crippen molar-refractivity contribution in [1.29, 1.82) is 5.26 Å². The predicted octanol–water partition coefficient (Wildman–Crippen LogP) is 3.70. The van der Waals surface area contributed by atoms with E-state index in [2.05, 4.69) is 16.3 Å². The van der Waals surface area contributed by atoms with E-state index >= 15 is 0 Å². The van der Waals surface area contributed by atoms with Crippen LogP contribution in [0, 0.1) is 11.3 Å². The second kappa shape index (κ2) is 7.60. The molecule has 1 aliphatic heterocycles. The smallest absolute Gasteiger partial charge is 0.244 e.